The van der Waals surface area contributed by atoms with Gasteiger partial charge in [0.25, 0.3) is 5.56 Å². The molecule has 3 aromatic rings. The van der Waals surface area contributed by atoms with Gasteiger partial charge in [-0.15, -0.1) is 0 Å². The van der Waals surface area contributed by atoms with Crippen LogP contribution in [0.15, 0.2) is 65.5 Å². The van der Waals surface area contributed by atoms with Crippen molar-refractivity contribution in [1.29, 1.82) is 0 Å². The van der Waals surface area contributed by atoms with Gasteiger partial charge in [-0.05, 0) is 37.0 Å². The molecule has 1 amide bonds. The van der Waals surface area contributed by atoms with Crippen molar-refractivity contribution in [2.24, 2.45) is 5.92 Å². The van der Waals surface area contributed by atoms with Crippen LogP contribution in [-0.2, 0) is 29.0 Å². The number of hydrogen-bond acceptors (Lipinski definition) is 3. The summed E-state index contributed by atoms with van der Waals surface area (Å²) in [6.07, 6.45) is 2.16. The molecule has 0 radical (unpaired) electrons. The number of rotatable bonds is 4. The van der Waals surface area contributed by atoms with Crippen molar-refractivity contribution in [2.75, 3.05) is 19.8 Å². The third-order valence-electron chi connectivity index (χ3n) is 6.38. The lowest BCUT2D eigenvalue weighted by Crippen LogP contribution is -2.42. The highest BCUT2D eigenvalue weighted by Crippen LogP contribution is 2.25. The summed E-state index contributed by atoms with van der Waals surface area (Å²) < 4.78 is 9.27. The van der Waals surface area contributed by atoms with E-state index in [1.54, 1.807) is 4.68 Å². The normalized spacial score (nSPS) is 16.8. The highest BCUT2D eigenvalue weighted by Gasteiger charge is 2.32. The minimum absolute atomic E-state index is 0.0234. The molecule has 0 bridgehead atoms. The first-order chi connectivity index (χ1) is 15.2. The van der Waals surface area contributed by atoms with Gasteiger partial charge in [-0.3, -0.25) is 14.3 Å². The van der Waals surface area contributed by atoms with Crippen LogP contribution >= 0.6 is 0 Å². The van der Waals surface area contributed by atoms with E-state index in [9.17, 15) is 9.59 Å². The number of ether oxygens (including phenoxy) is 1. The number of nitrogens with zero attached hydrogens (tertiary/aromatic N) is 3. The van der Waals surface area contributed by atoms with Crippen LogP contribution in [0.4, 0.5) is 0 Å². The van der Waals surface area contributed by atoms with E-state index in [0.717, 1.165) is 35.3 Å². The fourth-order valence-electron chi connectivity index (χ4n) is 4.71. The molecule has 0 atom stereocenters. The molecule has 0 N–H and O–H groups in total. The summed E-state index contributed by atoms with van der Waals surface area (Å²) >= 11 is 0. The molecule has 31 heavy (non-hydrogen) atoms. The Morgan fingerprint density at radius 2 is 1.65 bits per heavy atom. The van der Waals surface area contributed by atoms with E-state index in [1.807, 2.05) is 53.4 Å². The Kier molecular flexibility index (Phi) is 5.47. The van der Waals surface area contributed by atoms with Crippen molar-refractivity contribution in [3.8, 4) is 5.69 Å². The smallest absolute Gasteiger partial charge is 0.275 e. The lowest BCUT2D eigenvalue weighted by molar-refractivity contribution is -0.139. The largest absolute Gasteiger partial charge is 0.381 e. The molecule has 6 nitrogen and oxygen atoms in total. The molecular formula is C25H27N3O3. The van der Waals surface area contributed by atoms with Gasteiger partial charge >= 0.3 is 0 Å². The van der Waals surface area contributed by atoms with Gasteiger partial charge in [0, 0.05) is 31.2 Å². The highest BCUT2D eigenvalue weighted by molar-refractivity contribution is 5.79. The first-order valence-electron chi connectivity index (χ1n) is 11.0. The van der Waals surface area contributed by atoms with E-state index in [-0.39, 0.29) is 17.4 Å². The second kappa shape index (κ2) is 8.55. The topological polar surface area (TPSA) is 56.5 Å². The quantitative estimate of drug-likeness (QED) is 0.656. The van der Waals surface area contributed by atoms with Crippen LogP contribution in [-0.4, -0.2) is 39.9 Å². The molecule has 3 heterocycles. The van der Waals surface area contributed by atoms with Crippen molar-refractivity contribution in [1.82, 2.24) is 14.3 Å². The van der Waals surface area contributed by atoms with Crippen molar-refractivity contribution >= 4 is 5.91 Å². The Hall–Kier alpha value is -3.12. The maximum absolute atomic E-state index is 13.4. The molecule has 5 rings (SSSR count). The zero-order chi connectivity index (χ0) is 21.2. The number of carbonyl (C=O) groups is 1. The summed E-state index contributed by atoms with van der Waals surface area (Å²) in [6.45, 7) is 2.97. The predicted molar refractivity (Wildman–Crippen MR) is 118 cm³/mol. The SMILES string of the molecule is O=C(C1CCOCC1)N1CCc2c(n(Cc3ccccc3)n(-c3ccccc3)c2=O)C1. The zero-order valence-electron chi connectivity index (χ0n) is 17.6. The molecule has 0 spiro atoms. The van der Waals surface area contributed by atoms with Crippen LogP contribution in [0.5, 0.6) is 0 Å². The van der Waals surface area contributed by atoms with Crippen molar-refractivity contribution < 1.29 is 9.53 Å². The number of aromatic nitrogens is 2. The first kappa shape index (κ1) is 19.8. The van der Waals surface area contributed by atoms with Gasteiger partial charge in [0.15, 0.2) is 0 Å². The fourth-order valence-corrected chi connectivity index (χ4v) is 4.71. The van der Waals surface area contributed by atoms with Crippen LogP contribution < -0.4 is 5.56 Å². The van der Waals surface area contributed by atoms with Gasteiger partial charge in [0.05, 0.1) is 24.5 Å². The Labute approximate surface area is 181 Å². The Balaban J connectivity index is 1.54. The Morgan fingerprint density at radius 3 is 2.35 bits per heavy atom. The van der Waals surface area contributed by atoms with Gasteiger partial charge in [-0.1, -0.05) is 48.5 Å². The zero-order valence-corrected chi connectivity index (χ0v) is 17.6. The van der Waals surface area contributed by atoms with E-state index in [1.165, 1.54) is 0 Å². The van der Waals surface area contributed by atoms with Crippen molar-refractivity contribution in [3.63, 3.8) is 0 Å². The molecule has 0 aliphatic carbocycles. The number of benzene rings is 2. The van der Waals surface area contributed by atoms with Crippen LogP contribution in [0.2, 0.25) is 0 Å². The van der Waals surface area contributed by atoms with Crippen LogP contribution in [0.1, 0.15) is 29.7 Å². The third-order valence-corrected chi connectivity index (χ3v) is 6.38. The van der Waals surface area contributed by atoms with Gasteiger partial charge in [0.1, 0.15) is 0 Å². The van der Waals surface area contributed by atoms with Crippen molar-refractivity contribution in [2.45, 2.75) is 32.4 Å². The van der Waals surface area contributed by atoms with E-state index in [4.69, 9.17) is 4.74 Å². The lowest BCUT2D eigenvalue weighted by Gasteiger charge is -2.32. The summed E-state index contributed by atoms with van der Waals surface area (Å²) in [4.78, 5) is 28.5. The number of para-hydroxylation sites is 1. The van der Waals surface area contributed by atoms with E-state index >= 15 is 0 Å². The second-order valence-electron chi connectivity index (χ2n) is 8.32. The lowest BCUT2D eigenvalue weighted by atomic mass is 9.97. The molecular weight excluding hydrogens is 390 g/mol. The van der Waals surface area contributed by atoms with E-state index in [2.05, 4.69) is 16.8 Å². The van der Waals surface area contributed by atoms with Crippen LogP contribution in [0.3, 0.4) is 0 Å². The maximum Gasteiger partial charge on any atom is 0.275 e. The monoisotopic (exact) mass is 417 g/mol. The average Bonchev–Trinajstić information content (AvgIpc) is 3.11. The van der Waals surface area contributed by atoms with E-state index in [0.29, 0.717) is 39.3 Å². The van der Waals surface area contributed by atoms with E-state index < -0.39 is 0 Å². The molecule has 6 heteroatoms. The number of carbonyl (C=O) groups excluding carboxylic acids is 1. The fraction of sp³-hybridized carbons (Fsp3) is 0.360. The minimum atomic E-state index is 0.0234. The van der Waals surface area contributed by atoms with Gasteiger partial charge in [-0.25, -0.2) is 4.68 Å². The standard InChI is InChI=1S/C25H27N3O3/c29-24(20-12-15-31-16-13-20)26-14-11-22-23(18-26)27(17-19-7-3-1-4-8-19)28(25(22)30)21-9-5-2-6-10-21/h1-10,20H,11-18H2. The molecule has 2 aliphatic rings. The molecule has 1 fully saturated rings. The van der Waals surface area contributed by atoms with Gasteiger partial charge in [0.2, 0.25) is 5.91 Å². The van der Waals surface area contributed by atoms with Gasteiger partial charge in [-0.2, -0.15) is 0 Å². The molecule has 2 aromatic carbocycles. The highest BCUT2D eigenvalue weighted by atomic mass is 16.5. The summed E-state index contributed by atoms with van der Waals surface area (Å²) in [5, 5.41) is 0. The number of hydrogen-bond donors (Lipinski definition) is 0. The van der Waals surface area contributed by atoms with Gasteiger partial charge < -0.3 is 9.64 Å². The molecule has 0 saturated carbocycles. The molecule has 2 aliphatic heterocycles. The summed E-state index contributed by atoms with van der Waals surface area (Å²) in [6, 6.07) is 19.9. The Bertz CT molecular complexity index is 1110. The summed E-state index contributed by atoms with van der Waals surface area (Å²) in [5.41, 5.74) is 3.77. The number of amides is 1. The predicted octanol–water partition coefficient (Wildman–Crippen LogP) is 3.00. The average molecular weight is 418 g/mol. The molecule has 160 valence electrons. The number of fused-ring (bicyclic) bond motifs is 1. The van der Waals surface area contributed by atoms with Crippen LogP contribution in [0, 0.1) is 5.92 Å². The summed E-state index contributed by atoms with van der Waals surface area (Å²) in [5.74, 6) is 0.223. The van der Waals surface area contributed by atoms with Crippen molar-refractivity contribution in [3.05, 3.63) is 87.8 Å². The maximum atomic E-state index is 13.4. The molecule has 1 aromatic heterocycles. The minimum Gasteiger partial charge on any atom is -0.381 e. The third kappa shape index (κ3) is 3.83. The molecule has 0 unspecified atom stereocenters. The second-order valence-corrected chi connectivity index (χ2v) is 8.32. The van der Waals surface area contributed by atoms with Crippen LogP contribution in [0.25, 0.3) is 5.69 Å². The molecule has 1 saturated heterocycles. The first-order valence-corrected chi connectivity index (χ1v) is 11.0. The summed E-state index contributed by atoms with van der Waals surface area (Å²) in [7, 11) is 0. The Morgan fingerprint density at radius 1 is 0.968 bits per heavy atom.